The predicted octanol–water partition coefficient (Wildman–Crippen LogP) is 2.12. The summed E-state index contributed by atoms with van der Waals surface area (Å²) in [5.74, 6) is 0. The van der Waals surface area contributed by atoms with Crippen LogP contribution in [0.2, 0.25) is 0 Å². The minimum atomic E-state index is 0.552. The Morgan fingerprint density at radius 3 is 3.11 bits per heavy atom. The Kier molecular flexibility index (Phi) is 2.82. The number of oxazole rings is 1. The molecule has 0 bridgehead atoms. The molecule has 3 aromatic rings. The molecule has 1 aromatic carbocycles. The number of aromatic nitrogens is 3. The Morgan fingerprint density at radius 1 is 1.33 bits per heavy atom. The van der Waals surface area contributed by atoms with Gasteiger partial charge in [0, 0.05) is 6.54 Å². The third-order valence-corrected chi connectivity index (χ3v) is 2.76. The lowest BCUT2D eigenvalue weighted by Gasteiger charge is -1.97. The van der Waals surface area contributed by atoms with Crippen molar-refractivity contribution in [1.82, 2.24) is 19.9 Å². The van der Waals surface area contributed by atoms with Crippen molar-refractivity contribution < 1.29 is 4.42 Å². The maximum absolute atomic E-state index is 5.49. The van der Waals surface area contributed by atoms with Gasteiger partial charge in [0.25, 0.3) is 0 Å². The molecule has 18 heavy (non-hydrogen) atoms. The number of nitrogens with zero attached hydrogens (tertiary/aromatic N) is 3. The van der Waals surface area contributed by atoms with Gasteiger partial charge in [-0.05, 0) is 18.7 Å². The molecule has 5 heteroatoms. The summed E-state index contributed by atoms with van der Waals surface area (Å²) >= 11 is 0. The topological polar surface area (TPSA) is 55.9 Å². The zero-order valence-corrected chi connectivity index (χ0v) is 10.1. The summed E-state index contributed by atoms with van der Waals surface area (Å²) < 4.78 is 7.34. The van der Waals surface area contributed by atoms with E-state index in [-0.39, 0.29) is 0 Å². The van der Waals surface area contributed by atoms with E-state index in [0.29, 0.717) is 12.6 Å². The second-order valence-corrected chi connectivity index (χ2v) is 4.01. The first-order valence-corrected chi connectivity index (χ1v) is 5.96. The van der Waals surface area contributed by atoms with Crippen LogP contribution in [0.1, 0.15) is 12.6 Å². The molecule has 0 unspecified atom stereocenters. The average molecular weight is 242 g/mol. The zero-order valence-electron chi connectivity index (χ0n) is 10.1. The van der Waals surface area contributed by atoms with Gasteiger partial charge < -0.3 is 9.73 Å². The molecule has 0 saturated heterocycles. The van der Waals surface area contributed by atoms with Crippen LogP contribution in [0.3, 0.4) is 0 Å². The van der Waals surface area contributed by atoms with Gasteiger partial charge in [0.15, 0.2) is 0 Å². The van der Waals surface area contributed by atoms with Crippen molar-refractivity contribution in [2.24, 2.45) is 0 Å². The first kappa shape index (κ1) is 11.0. The molecule has 0 saturated carbocycles. The minimum absolute atomic E-state index is 0.552. The van der Waals surface area contributed by atoms with Crippen LogP contribution in [0, 0.1) is 0 Å². The summed E-state index contributed by atoms with van der Waals surface area (Å²) in [6.07, 6.45) is 3.40. The third-order valence-electron chi connectivity index (χ3n) is 2.76. The van der Waals surface area contributed by atoms with Gasteiger partial charge in [-0.25, -0.2) is 4.98 Å². The van der Waals surface area contributed by atoms with Gasteiger partial charge in [0.05, 0.1) is 16.7 Å². The largest absolute Gasteiger partial charge is 0.431 e. The fourth-order valence-corrected chi connectivity index (χ4v) is 1.85. The lowest BCUT2D eigenvalue weighted by Crippen LogP contribution is -2.11. The van der Waals surface area contributed by atoms with E-state index in [4.69, 9.17) is 4.42 Å². The predicted molar refractivity (Wildman–Crippen MR) is 68.5 cm³/mol. The Bertz CT molecular complexity index is 656. The van der Waals surface area contributed by atoms with Crippen LogP contribution in [0.5, 0.6) is 0 Å². The van der Waals surface area contributed by atoms with Crippen LogP contribution < -0.4 is 5.32 Å². The lowest BCUT2D eigenvalue weighted by atomic mass is 10.3. The van der Waals surface area contributed by atoms with E-state index in [1.54, 1.807) is 12.6 Å². The van der Waals surface area contributed by atoms with E-state index in [1.165, 1.54) is 0 Å². The van der Waals surface area contributed by atoms with Crippen LogP contribution in [-0.4, -0.2) is 21.1 Å². The van der Waals surface area contributed by atoms with E-state index < -0.39 is 0 Å². The zero-order chi connectivity index (χ0) is 12.4. The summed E-state index contributed by atoms with van der Waals surface area (Å²) in [5.41, 5.74) is 2.82. The standard InChI is InChI=1S/C13H14N4O/c1-2-14-7-10-8-18-13(16-10)17-9-15-11-5-3-4-6-12(11)17/h3-6,8-9,14H,2,7H2,1H3. The third kappa shape index (κ3) is 1.89. The van der Waals surface area contributed by atoms with Gasteiger partial charge in [-0.2, -0.15) is 4.98 Å². The monoisotopic (exact) mass is 242 g/mol. The molecule has 0 aliphatic carbocycles. The highest BCUT2D eigenvalue weighted by atomic mass is 16.4. The molecule has 2 aromatic heterocycles. The van der Waals surface area contributed by atoms with Crippen LogP contribution >= 0.6 is 0 Å². The summed E-state index contributed by atoms with van der Waals surface area (Å²) in [6, 6.07) is 8.45. The highest BCUT2D eigenvalue weighted by molar-refractivity contribution is 5.76. The lowest BCUT2D eigenvalue weighted by molar-refractivity contribution is 0.529. The van der Waals surface area contributed by atoms with Crippen molar-refractivity contribution in [2.45, 2.75) is 13.5 Å². The molecule has 2 heterocycles. The second-order valence-electron chi connectivity index (χ2n) is 4.01. The molecule has 1 N–H and O–H groups in total. The van der Waals surface area contributed by atoms with Crippen LogP contribution in [0.15, 0.2) is 41.3 Å². The smallest absolute Gasteiger partial charge is 0.307 e. The van der Waals surface area contributed by atoms with Crippen molar-refractivity contribution >= 4 is 11.0 Å². The number of rotatable bonds is 4. The van der Waals surface area contributed by atoms with E-state index >= 15 is 0 Å². The number of hydrogen-bond donors (Lipinski definition) is 1. The Hall–Kier alpha value is -2.14. The fraction of sp³-hybridized carbons (Fsp3) is 0.231. The number of nitrogens with one attached hydrogen (secondary N) is 1. The molecule has 0 radical (unpaired) electrons. The van der Waals surface area contributed by atoms with Crippen molar-refractivity contribution in [1.29, 1.82) is 0 Å². The van der Waals surface area contributed by atoms with Crippen LogP contribution in [-0.2, 0) is 6.54 Å². The first-order valence-electron chi connectivity index (χ1n) is 5.96. The van der Waals surface area contributed by atoms with Gasteiger partial charge in [-0.1, -0.05) is 19.1 Å². The number of para-hydroxylation sites is 2. The first-order chi connectivity index (χ1) is 8.88. The SMILES string of the molecule is CCNCc1coc(-n2cnc3ccccc32)n1. The van der Waals surface area contributed by atoms with Crippen molar-refractivity contribution in [2.75, 3.05) is 6.54 Å². The number of benzene rings is 1. The highest BCUT2D eigenvalue weighted by Gasteiger charge is 2.09. The molecular formula is C13H14N4O. The molecule has 92 valence electrons. The van der Waals surface area contributed by atoms with Gasteiger partial charge in [0.1, 0.15) is 12.6 Å². The fourth-order valence-electron chi connectivity index (χ4n) is 1.85. The molecule has 0 aliphatic heterocycles. The highest BCUT2D eigenvalue weighted by Crippen LogP contribution is 2.17. The molecule has 0 fully saturated rings. The Labute approximate surface area is 104 Å². The van der Waals surface area contributed by atoms with Gasteiger partial charge >= 0.3 is 6.01 Å². The molecule has 0 amide bonds. The van der Waals surface area contributed by atoms with E-state index in [2.05, 4.69) is 22.2 Å². The number of hydrogen-bond acceptors (Lipinski definition) is 4. The Balaban J connectivity index is 1.96. The van der Waals surface area contributed by atoms with Crippen molar-refractivity contribution in [3.05, 3.63) is 42.5 Å². The maximum atomic E-state index is 5.49. The minimum Gasteiger partial charge on any atom is -0.431 e. The van der Waals surface area contributed by atoms with E-state index in [0.717, 1.165) is 23.3 Å². The van der Waals surface area contributed by atoms with Gasteiger partial charge in [0.2, 0.25) is 0 Å². The summed E-state index contributed by atoms with van der Waals surface area (Å²) in [4.78, 5) is 8.75. The normalized spacial score (nSPS) is 11.2. The molecule has 0 spiro atoms. The number of fused-ring (bicyclic) bond motifs is 1. The molecule has 5 nitrogen and oxygen atoms in total. The summed E-state index contributed by atoms with van der Waals surface area (Å²) in [5, 5.41) is 3.21. The molecular weight excluding hydrogens is 228 g/mol. The van der Waals surface area contributed by atoms with Crippen molar-refractivity contribution in [3.63, 3.8) is 0 Å². The average Bonchev–Trinajstić information content (AvgIpc) is 3.02. The van der Waals surface area contributed by atoms with E-state index in [1.807, 2.05) is 28.8 Å². The Morgan fingerprint density at radius 2 is 2.22 bits per heavy atom. The van der Waals surface area contributed by atoms with Gasteiger partial charge in [-0.3, -0.25) is 4.57 Å². The summed E-state index contributed by atoms with van der Waals surface area (Å²) in [6.45, 7) is 3.69. The molecule has 3 rings (SSSR count). The number of imidazole rings is 1. The molecule has 0 aliphatic rings. The van der Waals surface area contributed by atoms with Crippen molar-refractivity contribution in [3.8, 4) is 6.01 Å². The molecule has 0 atom stereocenters. The summed E-state index contributed by atoms with van der Waals surface area (Å²) in [7, 11) is 0. The van der Waals surface area contributed by atoms with Crippen LogP contribution in [0.4, 0.5) is 0 Å². The van der Waals surface area contributed by atoms with Gasteiger partial charge in [-0.15, -0.1) is 0 Å². The maximum Gasteiger partial charge on any atom is 0.307 e. The second kappa shape index (κ2) is 4.62. The van der Waals surface area contributed by atoms with Crippen LogP contribution in [0.25, 0.3) is 17.0 Å². The quantitative estimate of drug-likeness (QED) is 0.761. The van der Waals surface area contributed by atoms with E-state index in [9.17, 15) is 0 Å².